The van der Waals surface area contributed by atoms with Crippen molar-refractivity contribution in [2.75, 3.05) is 0 Å². The van der Waals surface area contributed by atoms with E-state index < -0.39 is 0 Å². The minimum atomic E-state index is -0.186. The van der Waals surface area contributed by atoms with Gasteiger partial charge in [-0.3, -0.25) is 0 Å². The van der Waals surface area contributed by atoms with Crippen LogP contribution in [0.2, 0.25) is 0 Å². The van der Waals surface area contributed by atoms with Crippen LogP contribution in [0, 0.1) is 11.3 Å². The average Bonchev–Trinajstić information content (AvgIpc) is 2.61. The highest BCUT2D eigenvalue weighted by atomic mass is 16.5. The van der Waals surface area contributed by atoms with E-state index in [0.29, 0.717) is 5.57 Å². The van der Waals surface area contributed by atoms with Gasteiger partial charge in [0.2, 0.25) is 0 Å². The van der Waals surface area contributed by atoms with Gasteiger partial charge in [0.15, 0.2) is 0 Å². The molecule has 3 heteroatoms. The molecule has 0 bridgehead atoms. The fourth-order valence-electron chi connectivity index (χ4n) is 3.09. The number of hydrogen-bond acceptors (Lipinski definition) is 3. The first-order valence-electron chi connectivity index (χ1n) is 7.35. The predicted octanol–water partition coefficient (Wildman–Crippen LogP) is 4.48. The largest absolute Gasteiger partial charge is 0.508 e. The van der Waals surface area contributed by atoms with Crippen LogP contribution in [0.5, 0.6) is 11.5 Å². The zero-order valence-electron chi connectivity index (χ0n) is 12.2. The van der Waals surface area contributed by atoms with Crippen LogP contribution in [0.4, 0.5) is 0 Å². The Morgan fingerprint density at radius 1 is 0.957 bits per heavy atom. The van der Waals surface area contributed by atoms with E-state index in [0.717, 1.165) is 27.6 Å². The van der Waals surface area contributed by atoms with Crippen LogP contribution >= 0.6 is 0 Å². The van der Waals surface area contributed by atoms with E-state index in [4.69, 9.17) is 4.74 Å². The number of rotatable bonds is 1. The quantitative estimate of drug-likeness (QED) is 0.721. The summed E-state index contributed by atoms with van der Waals surface area (Å²) in [6.45, 7) is 0. The van der Waals surface area contributed by atoms with Crippen molar-refractivity contribution in [1.29, 1.82) is 5.26 Å². The van der Waals surface area contributed by atoms with Gasteiger partial charge in [0.1, 0.15) is 17.8 Å². The molecule has 1 atom stereocenters. The first-order valence-corrected chi connectivity index (χ1v) is 7.35. The molecule has 1 unspecified atom stereocenters. The predicted molar refractivity (Wildman–Crippen MR) is 88.2 cm³/mol. The second-order valence-electron chi connectivity index (χ2n) is 5.53. The summed E-state index contributed by atoms with van der Waals surface area (Å²) in [5.41, 5.74) is 2.47. The van der Waals surface area contributed by atoms with E-state index in [1.165, 1.54) is 6.26 Å². The van der Waals surface area contributed by atoms with Gasteiger partial charge in [0, 0.05) is 10.9 Å². The number of phenolic OH excluding ortho intramolecular Hbond substituents is 1. The molecule has 4 rings (SSSR count). The SMILES string of the molecule is N#CC1=COc2c(ccc3ccccc23)C1c1ccc(O)cc1. The standard InChI is InChI=1S/C20H13NO2/c21-11-15-12-23-20-17-4-2-1-3-13(17)7-10-18(20)19(15)14-5-8-16(22)9-6-14/h1-10,12,19,22H. The van der Waals surface area contributed by atoms with Crippen LogP contribution in [-0.2, 0) is 0 Å². The number of allylic oxidation sites excluding steroid dienone is 1. The number of phenols is 1. The Labute approximate surface area is 133 Å². The summed E-state index contributed by atoms with van der Waals surface area (Å²) in [6.07, 6.45) is 1.53. The Morgan fingerprint density at radius 3 is 2.52 bits per heavy atom. The van der Waals surface area contributed by atoms with Crippen LogP contribution < -0.4 is 4.74 Å². The molecule has 3 aromatic carbocycles. The summed E-state index contributed by atoms with van der Waals surface area (Å²) in [7, 11) is 0. The van der Waals surface area contributed by atoms with Gasteiger partial charge in [-0.15, -0.1) is 0 Å². The molecule has 3 nitrogen and oxygen atoms in total. The zero-order valence-corrected chi connectivity index (χ0v) is 12.2. The zero-order chi connectivity index (χ0) is 15.8. The summed E-state index contributed by atoms with van der Waals surface area (Å²) >= 11 is 0. The molecular weight excluding hydrogens is 286 g/mol. The topological polar surface area (TPSA) is 53.2 Å². The van der Waals surface area contributed by atoms with Gasteiger partial charge in [-0.05, 0) is 23.1 Å². The van der Waals surface area contributed by atoms with Crippen LogP contribution in [0.25, 0.3) is 10.8 Å². The van der Waals surface area contributed by atoms with Gasteiger partial charge < -0.3 is 9.84 Å². The van der Waals surface area contributed by atoms with Crippen LogP contribution in [-0.4, -0.2) is 5.11 Å². The summed E-state index contributed by atoms with van der Waals surface area (Å²) in [5, 5.41) is 21.1. The fourth-order valence-corrected chi connectivity index (χ4v) is 3.09. The summed E-state index contributed by atoms with van der Waals surface area (Å²) in [6, 6.07) is 21.3. The van der Waals surface area contributed by atoms with Gasteiger partial charge in [-0.2, -0.15) is 5.26 Å². The number of nitrogens with zero attached hydrogens (tertiary/aromatic N) is 1. The Hall–Kier alpha value is -3.25. The smallest absolute Gasteiger partial charge is 0.138 e. The summed E-state index contributed by atoms with van der Waals surface area (Å²) in [5.74, 6) is 0.816. The normalized spacial score (nSPS) is 16.1. The number of nitriles is 1. The maximum absolute atomic E-state index is 9.51. The lowest BCUT2D eigenvalue weighted by atomic mass is 9.83. The second-order valence-corrected chi connectivity index (χ2v) is 5.53. The van der Waals surface area contributed by atoms with Gasteiger partial charge in [-0.1, -0.05) is 48.5 Å². The molecule has 0 aliphatic carbocycles. The molecule has 0 fully saturated rings. The first-order chi connectivity index (χ1) is 11.3. The Morgan fingerprint density at radius 2 is 1.74 bits per heavy atom. The highest BCUT2D eigenvalue weighted by Gasteiger charge is 2.27. The number of aromatic hydroxyl groups is 1. The number of hydrogen-bond donors (Lipinski definition) is 1. The molecule has 0 saturated carbocycles. The van der Waals surface area contributed by atoms with E-state index in [-0.39, 0.29) is 11.7 Å². The van der Waals surface area contributed by atoms with Crippen molar-refractivity contribution in [3.05, 3.63) is 83.6 Å². The van der Waals surface area contributed by atoms with Gasteiger partial charge >= 0.3 is 0 Å². The molecule has 3 aromatic rings. The Balaban J connectivity index is 1.96. The molecule has 1 N–H and O–H groups in total. The van der Waals surface area contributed by atoms with Crippen molar-refractivity contribution in [3.63, 3.8) is 0 Å². The van der Waals surface area contributed by atoms with E-state index in [9.17, 15) is 10.4 Å². The number of benzene rings is 3. The minimum absolute atomic E-state index is 0.186. The van der Waals surface area contributed by atoms with Gasteiger partial charge in [0.05, 0.1) is 17.6 Å². The van der Waals surface area contributed by atoms with E-state index in [1.54, 1.807) is 12.1 Å². The molecule has 1 aliphatic rings. The minimum Gasteiger partial charge on any atom is -0.508 e. The van der Waals surface area contributed by atoms with E-state index in [1.807, 2.05) is 48.5 Å². The van der Waals surface area contributed by atoms with Crippen molar-refractivity contribution in [2.24, 2.45) is 0 Å². The Bertz CT molecular complexity index is 965. The van der Waals surface area contributed by atoms with Crippen LogP contribution in [0.3, 0.4) is 0 Å². The van der Waals surface area contributed by atoms with Crippen molar-refractivity contribution in [1.82, 2.24) is 0 Å². The lowest BCUT2D eigenvalue weighted by Crippen LogP contribution is -2.11. The van der Waals surface area contributed by atoms with Gasteiger partial charge in [0.25, 0.3) is 0 Å². The van der Waals surface area contributed by atoms with Crippen molar-refractivity contribution < 1.29 is 9.84 Å². The molecule has 23 heavy (non-hydrogen) atoms. The molecule has 0 spiro atoms. The number of fused-ring (bicyclic) bond motifs is 3. The highest BCUT2D eigenvalue weighted by molar-refractivity contribution is 5.90. The summed E-state index contributed by atoms with van der Waals surface area (Å²) in [4.78, 5) is 0. The lowest BCUT2D eigenvalue weighted by Gasteiger charge is -2.25. The maximum atomic E-state index is 9.51. The molecule has 110 valence electrons. The third-order valence-electron chi connectivity index (χ3n) is 4.19. The molecule has 0 amide bonds. The van der Waals surface area contributed by atoms with E-state index >= 15 is 0 Å². The maximum Gasteiger partial charge on any atom is 0.138 e. The fraction of sp³-hybridized carbons (Fsp3) is 0.0500. The average molecular weight is 299 g/mol. The molecular formula is C20H13NO2. The lowest BCUT2D eigenvalue weighted by molar-refractivity contribution is 0.459. The van der Waals surface area contributed by atoms with Crippen molar-refractivity contribution >= 4 is 10.8 Å². The van der Waals surface area contributed by atoms with Crippen LogP contribution in [0.15, 0.2) is 72.5 Å². The van der Waals surface area contributed by atoms with Crippen molar-refractivity contribution in [3.8, 4) is 17.6 Å². The second kappa shape index (κ2) is 5.19. The molecule has 0 aromatic heterocycles. The molecule has 0 radical (unpaired) electrons. The monoisotopic (exact) mass is 299 g/mol. The third kappa shape index (κ3) is 2.13. The van der Waals surface area contributed by atoms with E-state index in [2.05, 4.69) is 6.07 Å². The summed E-state index contributed by atoms with van der Waals surface area (Å²) < 4.78 is 5.78. The third-order valence-corrected chi connectivity index (χ3v) is 4.19. The molecule has 0 saturated heterocycles. The highest BCUT2D eigenvalue weighted by Crippen LogP contribution is 2.44. The number of ether oxygens (including phenoxy) is 1. The van der Waals surface area contributed by atoms with Crippen molar-refractivity contribution in [2.45, 2.75) is 5.92 Å². The van der Waals surface area contributed by atoms with Gasteiger partial charge in [-0.25, -0.2) is 0 Å². The molecule has 1 heterocycles. The molecule has 1 aliphatic heterocycles. The van der Waals surface area contributed by atoms with Crippen LogP contribution in [0.1, 0.15) is 17.0 Å². The first kappa shape index (κ1) is 13.4. The Kier molecular flexibility index (Phi) is 3.03.